The fraction of sp³-hybridized carbons (Fsp3) is 0. The van der Waals surface area contributed by atoms with Crippen molar-refractivity contribution in [1.82, 2.24) is 0 Å². The summed E-state index contributed by atoms with van der Waals surface area (Å²) in [5.41, 5.74) is 0. The van der Waals surface area contributed by atoms with Crippen molar-refractivity contribution in [2.75, 3.05) is 0 Å². The van der Waals surface area contributed by atoms with E-state index in [4.69, 9.17) is 26.8 Å². The SMILES string of the molecule is Cl.O=C(O)O.[C-]#N. The van der Waals surface area contributed by atoms with Crippen molar-refractivity contribution in [1.29, 1.82) is 5.26 Å². The number of carbonyl (C=O) groups is 1. The van der Waals surface area contributed by atoms with Gasteiger partial charge in [0.05, 0.1) is 0 Å². The van der Waals surface area contributed by atoms with Crippen molar-refractivity contribution in [3.05, 3.63) is 6.57 Å². The van der Waals surface area contributed by atoms with Gasteiger partial charge < -0.3 is 22.0 Å². The molecule has 0 rings (SSSR count). The Labute approximate surface area is 46.4 Å². The van der Waals surface area contributed by atoms with Crippen LogP contribution in [0.1, 0.15) is 0 Å². The van der Waals surface area contributed by atoms with E-state index in [-0.39, 0.29) is 12.4 Å². The maximum Gasteiger partial charge on any atom is 0.503 e. The topological polar surface area (TPSA) is 81.3 Å². The second kappa shape index (κ2) is 19.7. The van der Waals surface area contributed by atoms with Gasteiger partial charge in [0.15, 0.2) is 0 Å². The molecule has 0 aromatic carbocycles. The van der Waals surface area contributed by atoms with Gasteiger partial charge in [-0.3, -0.25) is 0 Å². The Bertz CT molecular complexity index is 57.2. The molecular weight excluding hydrogens is 121 g/mol. The molecule has 0 aromatic heterocycles. The zero-order chi connectivity index (χ0) is 5.58. The molecule has 5 heteroatoms. The van der Waals surface area contributed by atoms with E-state index in [2.05, 4.69) is 0 Å². The summed E-state index contributed by atoms with van der Waals surface area (Å²) in [6.45, 7) is 4.75. The van der Waals surface area contributed by atoms with Gasteiger partial charge in [-0.25, -0.2) is 4.79 Å². The van der Waals surface area contributed by atoms with Gasteiger partial charge in [-0.1, -0.05) is 0 Å². The van der Waals surface area contributed by atoms with Gasteiger partial charge in [-0.15, -0.1) is 12.4 Å². The molecule has 0 aromatic rings. The van der Waals surface area contributed by atoms with E-state index in [1.807, 2.05) is 0 Å². The molecule has 0 aliphatic carbocycles. The number of nitrogens with zero attached hydrogens (tertiary/aromatic N) is 1. The Morgan fingerprint density at radius 1 is 1.43 bits per heavy atom. The lowest BCUT2D eigenvalue weighted by atomic mass is 11.5. The Morgan fingerprint density at radius 3 is 1.43 bits per heavy atom. The van der Waals surface area contributed by atoms with E-state index in [1.165, 1.54) is 0 Å². The molecule has 42 valence electrons. The molecule has 0 amide bonds. The number of halogens is 1. The second-order valence-electron chi connectivity index (χ2n) is 0.283. The van der Waals surface area contributed by atoms with Gasteiger partial charge in [0.25, 0.3) is 0 Å². The van der Waals surface area contributed by atoms with Crippen molar-refractivity contribution < 1.29 is 15.0 Å². The molecule has 0 saturated heterocycles. The minimum absolute atomic E-state index is 0. The summed E-state index contributed by atoms with van der Waals surface area (Å²) in [4.78, 5) is 8.56. The third kappa shape index (κ3) is 52.1. The quantitative estimate of drug-likeness (QED) is 0.467. The predicted octanol–water partition coefficient (Wildman–Crippen LogP) is 0.741. The summed E-state index contributed by atoms with van der Waals surface area (Å²) >= 11 is 0. The molecule has 0 heterocycles. The molecule has 0 spiro atoms. The Morgan fingerprint density at radius 2 is 1.43 bits per heavy atom. The summed E-state index contributed by atoms with van der Waals surface area (Å²) in [7, 11) is 0. The molecule has 0 bridgehead atoms. The average Bonchev–Trinajstić information content (AvgIpc) is 1.41. The molecule has 2 N–H and O–H groups in total. The third-order valence-corrected chi connectivity index (χ3v) is 0. The highest BCUT2D eigenvalue weighted by Gasteiger charge is 1.70. The van der Waals surface area contributed by atoms with Crippen LogP contribution in [0.5, 0.6) is 0 Å². The zero-order valence-electron chi connectivity index (χ0n) is 3.16. The summed E-state index contributed by atoms with van der Waals surface area (Å²) in [5, 5.41) is 20.2. The molecule has 0 aliphatic rings. The number of hydrogen-bond donors (Lipinski definition) is 2. The normalized spacial score (nSPS) is 3.71. The second-order valence-corrected chi connectivity index (χ2v) is 0.283. The van der Waals surface area contributed by atoms with Gasteiger partial charge in [0, 0.05) is 0 Å². The molecule has 0 fully saturated rings. The fourth-order valence-corrected chi connectivity index (χ4v) is 0. The summed E-state index contributed by atoms with van der Waals surface area (Å²) in [6.07, 6.45) is -1.83. The number of hydrogen-bond acceptors (Lipinski definition) is 2. The van der Waals surface area contributed by atoms with Crippen molar-refractivity contribution in [2.24, 2.45) is 0 Å². The zero-order valence-corrected chi connectivity index (χ0v) is 3.97. The van der Waals surface area contributed by atoms with Gasteiger partial charge in [-0.05, 0) is 0 Å². The van der Waals surface area contributed by atoms with Gasteiger partial charge in [-0.2, -0.15) is 0 Å². The maximum atomic E-state index is 8.56. The Kier molecular flexibility index (Phi) is 46.7. The molecule has 0 unspecified atom stereocenters. The average molecular weight is 125 g/mol. The minimum atomic E-state index is -1.83. The standard InChI is InChI=1S/CN.CH2O3.ClH/c1-2;2-1(3)4;/h;(H2,2,3,4);1H/q-1;;. The number of rotatable bonds is 0. The van der Waals surface area contributed by atoms with Crippen LogP contribution in [0.4, 0.5) is 4.79 Å². The first-order valence-electron chi connectivity index (χ1n) is 0.875. The fourth-order valence-electron chi connectivity index (χ4n) is 0. The van der Waals surface area contributed by atoms with Crippen LogP contribution in [0.2, 0.25) is 0 Å². The van der Waals surface area contributed by atoms with Gasteiger partial charge >= 0.3 is 6.16 Å². The predicted molar refractivity (Wildman–Crippen MR) is 22.9 cm³/mol. The smallest absolute Gasteiger partial charge is 0.503 e. The van der Waals surface area contributed by atoms with Crippen LogP contribution in [-0.4, -0.2) is 16.4 Å². The van der Waals surface area contributed by atoms with Crippen LogP contribution in [0.15, 0.2) is 0 Å². The van der Waals surface area contributed by atoms with Crippen LogP contribution >= 0.6 is 12.4 Å². The number of carboxylic acid groups (broad SMARTS) is 2. The highest BCUT2D eigenvalue weighted by Crippen LogP contribution is 1.42. The molecule has 0 radical (unpaired) electrons. The molecular formula is C2H3ClNO3-. The van der Waals surface area contributed by atoms with Crippen LogP contribution in [0.3, 0.4) is 0 Å². The van der Waals surface area contributed by atoms with Crippen LogP contribution < -0.4 is 0 Å². The monoisotopic (exact) mass is 124 g/mol. The van der Waals surface area contributed by atoms with Crippen molar-refractivity contribution >= 4 is 18.6 Å². The van der Waals surface area contributed by atoms with Gasteiger partial charge in [0.2, 0.25) is 0 Å². The van der Waals surface area contributed by atoms with Crippen LogP contribution in [0.25, 0.3) is 0 Å². The minimum Gasteiger partial charge on any atom is -0.512 e. The van der Waals surface area contributed by atoms with E-state index in [0.717, 1.165) is 0 Å². The van der Waals surface area contributed by atoms with E-state index < -0.39 is 6.16 Å². The highest BCUT2D eigenvalue weighted by molar-refractivity contribution is 5.85. The lowest BCUT2D eigenvalue weighted by Gasteiger charge is -1.60. The molecule has 7 heavy (non-hydrogen) atoms. The Balaban J connectivity index is -0.0000000480. The molecule has 4 nitrogen and oxygen atoms in total. The van der Waals surface area contributed by atoms with Crippen LogP contribution in [-0.2, 0) is 0 Å². The van der Waals surface area contributed by atoms with Crippen LogP contribution in [0, 0.1) is 11.8 Å². The Hall–Kier alpha value is -0.950. The molecule has 0 atom stereocenters. The lowest BCUT2D eigenvalue weighted by molar-refractivity contribution is 0.137. The van der Waals surface area contributed by atoms with E-state index in [9.17, 15) is 0 Å². The van der Waals surface area contributed by atoms with Crippen molar-refractivity contribution in [3.63, 3.8) is 0 Å². The van der Waals surface area contributed by atoms with Gasteiger partial charge in [0.1, 0.15) is 0 Å². The largest absolute Gasteiger partial charge is 0.512 e. The van der Waals surface area contributed by atoms with E-state index in [1.54, 1.807) is 0 Å². The van der Waals surface area contributed by atoms with Crippen molar-refractivity contribution in [2.45, 2.75) is 0 Å². The molecule has 0 saturated carbocycles. The van der Waals surface area contributed by atoms with Crippen molar-refractivity contribution in [3.8, 4) is 0 Å². The van der Waals surface area contributed by atoms with E-state index >= 15 is 0 Å². The summed E-state index contributed by atoms with van der Waals surface area (Å²) < 4.78 is 0. The molecule has 0 aliphatic heterocycles. The van der Waals surface area contributed by atoms with E-state index in [0.29, 0.717) is 0 Å². The first kappa shape index (κ1) is 16.6. The first-order chi connectivity index (χ1) is 2.73. The summed E-state index contributed by atoms with van der Waals surface area (Å²) in [6, 6.07) is 0. The first-order valence-corrected chi connectivity index (χ1v) is 0.875. The maximum absolute atomic E-state index is 8.56. The third-order valence-electron chi connectivity index (χ3n) is 0. The summed E-state index contributed by atoms with van der Waals surface area (Å²) in [5.74, 6) is 0. The lowest BCUT2D eigenvalue weighted by Crippen LogP contribution is -1.81. The highest BCUT2D eigenvalue weighted by atomic mass is 35.5.